The third-order valence-corrected chi connectivity index (χ3v) is 4.28. The molecule has 1 atom stereocenters. The lowest BCUT2D eigenvalue weighted by Gasteiger charge is -2.14. The van der Waals surface area contributed by atoms with E-state index in [9.17, 15) is 18.0 Å². The van der Waals surface area contributed by atoms with Gasteiger partial charge in [-0.15, -0.1) is 0 Å². The summed E-state index contributed by atoms with van der Waals surface area (Å²) >= 11 is 0. The second kappa shape index (κ2) is 7.45. The van der Waals surface area contributed by atoms with Crippen LogP contribution in [0.25, 0.3) is 0 Å². The summed E-state index contributed by atoms with van der Waals surface area (Å²) < 4.78 is 27.7. The highest BCUT2D eigenvalue weighted by Crippen LogP contribution is 2.13. The lowest BCUT2D eigenvalue weighted by atomic mass is 10.2. The summed E-state index contributed by atoms with van der Waals surface area (Å²) in [6, 6.07) is 12.3. The minimum absolute atomic E-state index is 0.0125. The van der Waals surface area contributed by atoms with Gasteiger partial charge in [0.25, 0.3) is 5.91 Å². The first-order valence-electron chi connectivity index (χ1n) is 7.38. The number of primary sulfonamides is 1. The Morgan fingerprint density at radius 1 is 1.12 bits per heavy atom. The molecule has 25 heavy (non-hydrogen) atoms. The van der Waals surface area contributed by atoms with Crippen molar-refractivity contribution in [3.8, 4) is 0 Å². The molecule has 0 saturated carbocycles. The van der Waals surface area contributed by atoms with Crippen LogP contribution in [0.5, 0.6) is 0 Å². The van der Waals surface area contributed by atoms with Crippen LogP contribution in [0.1, 0.15) is 22.8 Å². The number of carbonyl (C=O) groups is 2. The van der Waals surface area contributed by atoms with E-state index in [-0.39, 0.29) is 10.5 Å². The Kier molecular flexibility index (Phi) is 5.55. The van der Waals surface area contributed by atoms with Crippen molar-refractivity contribution >= 4 is 27.6 Å². The van der Waals surface area contributed by atoms with Crippen LogP contribution in [-0.2, 0) is 19.6 Å². The molecule has 0 saturated heterocycles. The molecular weight excluding hydrogens is 344 g/mol. The maximum absolute atomic E-state index is 12.1. The van der Waals surface area contributed by atoms with Gasteiger partial charge in [0.05, 0.1) is 10.5 Å². The zero-order valence-electron chi connectivity index (χ0n) is 13.7. The van der Waals surface area contributed by atoms with Gasteiger partial charge in [0.1, 0.15) is 0 Å². The van der Waals surface area contributed by atoms with E-state index in [0.29, 0.717) is 5.69 Å². The van der Waals surface area contributed by atoms with E-state index in [0.717, 1.165) is 11.6 Å². The van der Waals surface area contributed by atoms with E-state index in [1.807, 2.05) is 19.1 Å². The molecule has 132 valence electrons. The van der Waals surface area contributed by atoms with Crippen LogP contribution in [-0.4, -0.2) is 26.4 Å². The van der Waals surface area contributed by atoms with Gasteiger partial charge in [-0.3, -0.25) is 4.79 Å². The summed E-state index contributed by atoms with van der Waals surface area (Å²) in [5.41, 5.74) is 1.61. The van der Waals surface area contributed by atoms with Crippen LogP contribution >= 0.6 is 0 Å². The summed E-state index contributed by atoms with van der Waals surface area (Å²) in [7, 11) is -3.93. The van der Waals surface area contributed by atoms with E-state index >= 15 is 0 Å². The number of anilines is 1. The molecule has 0 aliphatic heterocycles. The van der Waals surface area contributed by atoms with E-state index < -0.39 is 28.0 Å². The standard InChI is InChI=1S/C17H18N2O5S/c1-11-6-8-14(9-7-11)19-16(20)12(2)24-17(21)13-4-3-5-15(10-13)25(18,22)23/h3-10,12H,1-2H3,(H,19,20)(H2,18,22,23)/t12-/m0/s1. The second-order valence-electron chi connectivity index (χ2n) is 5.48. The van der Waals surface area contributed by atoms with Gasteiger partial charge in [0, 0.05) is 5.69 Å². The SMILES string of the molecule is Cc1ccc(NC(=O)[C@H](C)OC(=O)c2cccc(S(N)(=O)=O)c2)cc1. The number of nitrogens with one attached hydrogen (secondary N) is 1. The Balaban J connectivity index is 2.04. The molecule has 2 aromatic carbocycles. The highest BCUT2D eigenvalue weighted by Gasteiger charge is 2.20. The van der Waals surface area contributed by atoms with Gasteiger partial charge in [0.2, 0.25) is 10.0 Å². The van der Waals surface area contributed by atoms with E-state index in [2.05, 4.69) is 5.32 Å². The number of aryl methyl sites for hydroxylation is 1. The molecule has 0 unspecified atom stereocenters. The monoisotopic (exact) mass is 362 g/mol. The van der Waals surface area contributed by atoms with Crippen molar-refractivity contribution in [3.05, 3.63) is 59.7 Å². The number of sulfonamides is 1. The number of hydrogen-bond acceptors (Lipinski definition) is 5. The summed E-state index contributed by atoms with van der Waals surface area (Å²) in [6.07, 6.45) is -1.06. The van der Waals surface area contributed by atoms with Crippen molar-refractivity contribution in [3.63, 3.8) is 0 Å². The zero-order valence-corrected chi connectivity index (χ0v) is 14.5. The van der Waals surface area contributed by atoms with Gasteiger partial charge in [-0.2, -0.15) is 0 Å². The fraction of sp³-hybridized carbons (Fsp3) is 0.176. The molecule has 0 heterocycles. The van der Waals surface area contributed by atoms with Crippen molar-refractivity contribution < 1.29 is 22.7 Å². The molecule has 0 radical (unpaired) electrons. The van der Waals surface area contributed by atoms with Crippen LogP contribution < -0.4 is 10.5 Å². The van der Waals surface area contributed by atoms with E-state index in [1.54, 1.807) is 12.1 Å². The Morgan fingerprint density at radius 2 is 1.76 bits per heavy atom. The zero-order chi connectivity index (χ0) is 18.6. The van der Waals surface area contributed by atoms with Gasteiger partial charge in [-0.1, -0.05) is 23.8 Å². The molecule has 7 nitrogen and oxygen atoms in total. The fourth-order valence-electron chi connectivity index (χ4n) is 1.96. The molecule has 1 amide bonds. The number of benzene rings is 2. The summed E-state index contributed by atoms with van der Waals surface area (Å²) in [6.45, 7) is 3.34. The number of rotatable bonds is 5. The molecular formula is C17H18N2O5S. The maximum Gasteiger partial charge on any atom is 0.338 e. The lowest BCUT2D eigenvalue weighted by Crippen LogP contribution is -2.30. The molecule has 3 N–H and O–H groups in total. The first-order valence-corrected chi connectivity index (χ1v) is 8.93. The minimum atomic E-state index is -3.93. The van der Waals surface area contributed by atoms with Crippen molar-refractivity contribution in [1.29, 1.82) is 0 Å². The van der Waals surface area contributed by atoms with Crippen LogP contribution in [0.3, 0.4) is 0 Å². The Labute approximate surface area is 145 Å². The van der Waals surface area contributed by atoms with Crippen LogP contribution in [0.2, 0.25) is 0 Å². The lowest BCUT2D eigenvalue weighted by molar-refractivity contribution is -0.123. The molecule has 0 aromatic heterocycles. The molecule has 0 spiro atoms. The third kappa shape index (κ3) is 5.13. The molecule has 0 bridgehead atoms. The summed E-state index contributed by atoms with van der Waals surface area (Å²) in [5.74, 6) is -1.32. The Hall–Kier alpha value is -2.71. The number of nitrogens with two attached hydrogens (primary N) is 1. The average Bonchev–Trinajstić information content (AvgIpc) is 2.56. The summed E-state index contributed by atoms with van der Waals surface area (Å²) in [4.78, 5) is 24.0. The second-order valence-corrected chi connectivity index (χ2v) is 7.04. The van der Waals surface area contributed by atoms with Crippen LogP contribution in [0, 0.1) is 6.92 Å². The van der Waals surface area contributed by atoms with Gasteiger partial charge >= 0.3 is 5.97 Å². The fourth-order valence-corrected chi connectivity index (χ4v) is 2.52. The minimum Gasteiger partial charge on any atom is -0.449 e. The number of carbonyl (C=O) groups excluding carboxylic acids is 2. The van der Waals surface area contributed by atoms with Crippen LogP contribution in [0.4, 0.5) is 5.69 Å². The number of esters is 1. The van der Waals surface area contributed by atoms with Gasteiger partial charge < -0.3 is 10.1 Å². The third-order valence-electron chi connectivity index (χ3n) is 3.37. The highest BCUT2D eigenvalue weighted by atomic mass is 32.2. The topological polar surface area (TPSA) is 116 Å². The average molecular weight is 362 g/mol. The maximum atomic E-state index is 12.1. The van der Waals surface area contributed by atoms with Crippen LogP contribution in [0.15, 0.2) is 53.4 Å². The van der Waals surface area contributed by atoms with E-state index in [1.165, 1.54) is 25.1 Å². The Morgan fingerprint density at radius 3 is 2.36 bits per heavy atom. The van der Waals surface area contributed by atoms with Crippen molar-refractivity contribution in [2.75, 3.05) is 5.32 Å². The summed E-state index contributed by atoms with van der Waals surface area (Å²) in [5, 5.41) is 7.66. The number of ether oxygens (including phenoxy) is 1. The first-order chi connectivity index (χ1) is 11.7. The van der Waals surface area contributed by atoms with Crippen molar-refractivity contribution in [1.82, 2.24) is 0 Å². The van der Waals surface area contributed by atoms with Gasteiger partial charge in [-0.25, -0.2) is 18.4 Å². The molecule has 2 aromatic rings. The van der Waals surface area contributed by atoms with Gasteiger partial charge in [-0.05, 0) is 44.2 Å². The first kappa shape index (κ1) is 18.6. The quantitative estimate of drug-likeness (QED) is 0.787. The Bertz CT molecular complexity index is 892. The predicted molar refractivity (Wildman–Crippen MR) is 92.5 cm³/mol. The number of amides is 1. The van der Waals surface area contributed by atoms with Crippen molar-refractivity contribution in [2.45, 2.75) is 24.8 Å². The molecule has 8 heteroatoms. The molecule has 0 aliphatic carbocycles. The van der Waals surface area contributed by atoms with E-state index in [4.69, 9.17) is 9.88 Å². The molecule has 2 rings (SSSR count). The highest BCUT2D eigenvalue weighted by molar-refractivity contribution is 7.89. The molecule has 0 fully saturated rings. The smallest absolute Gasteiger partial charge is 0.338 e. The normalized spacial score (nSPS) is 12.3. The molecule has 0 aliphatic rings. The van der Waals surface area contributed by atoms with Crippen molar-refractivity contribution in [2.24, 2.45) is 5.14 Å². The predicted octanol–water partition coefficient (Wildman–Crippen LogP) is 1.83. The number of hydrogen-bond donors (Lipinski definition) is 2. The largest absolute Gasteiger partial charge is 0.449 e. The van der Waals surface area contributed by atoms with Gasteiger partial charge in [0.15, 0.2) is 6.10 Å².